The summed E-state index contributed by atoms with van der Waals surface area (Å²) in [4.78, 5) is 11.6. The monoisotopic (exact) mass is 220 g/mol. The average molecular weight is 221 g/mol. The van der Waals surface area contributed by atoms with Crippen molar-refractivity contribution in [3.63, 3.8) is 0 Å². The van der Waals surface area contributed by atoms with Crippen LogP contribution >= 0.6 is 11.6 Å². The third kappa shape index (κ3) is 2.48. The molecule has 0 amide bonds. The van der Waals surface area contributed by atoms with Crippen molar-refractivity contribution < 1.29 is 9.21 Å². The molecule has 0 spiro atoms. The molecule has 1 aromatic carbocycles. The molecule has 15 heavy (non-hydrogen) atoms. The molecule has 1 heterocycles. The Hall–Kier alpha value is -1.54. The first-order valence-corrected chi connectivity index (χ1v) is 4.94. The molecule has 1 aromatic heterocycles. The minimum absolute atomic E-state index is 0.0396. The number of ketones is 1. The summed E-state index contributed by atoms with van der Waals surface area (Å²) in [6.45, 7) is 0. The number of furan rings is 1. The molecule has 0 unspecified atom stereocenters. The van der Waals surface area contributed by atoms with E-state index in [1.807, 2.05) is 12.1 Å². The fourth-order valence-corrected chi connectivity index (χ4v) is 1.57. The first-order valence-electron chi connectivity index (χ1n) is 4.57. The smallest absolute Gasteiger partial charge is 0.202 e. The van der Waals surface area contributed by atoms with E-state index in [0.717, 1.165) is 5.56 Å². The normalized spacial score (nSPS) is 10.2. The Balaban J connectivity index is 2.13. The minimum atomic E-state index is -0.0396. The lowest BCUT2D eigenvalue weighted by molar-refractivity contribution is 0.0966. The van der Waals surface area contributed by atoms with Crippen LogP contribution in [0, 0.1) is 0 Å². The van der Waals surface area contributed by atoms with Crippen LogP contribution < -0.4 is 0 Å². The van der Waals surface area contributed by atoms with Crippen molar-refractivity contribution in [3.05, 3.63) is 59.0 Å². The molecule has 0 saturated heterocycles. The molecule has 2 nitrogen and oxygen atoms in total. The Morgan fingerprint density at radius 2 is 2.13 bits per heavy atom. The molecule has 0 bridgehead atoms. The van der Waals surface area contributed by atoms with E-state index < -0.39 is 0 Å². The van der Waals surface area contributed by atoms with Gasteiger partial charge in [0.2, 0.25) is 5.78 Å². The zero-order valence-electron chi connectivity index (χ0n) is 7.94. The summed E-state index contributed by atoms with van der Waals surface area (Å²) in [6.07, 6.45) is 1.80. The van der Waals surface area contributed by atoms with Crippen molar-refractivity contribution >= 4 is 17.4 Å². The third-order valence-electron chi connectivity index (χ3n) is 2.05. The molecule has 0 radical (unpaired) electrons. The van der Waals surface area contributed by atoms with Crippen LogP contribution in [-0.4, -0.2) is 5.78 Å². The maximum atomic E-state index is 11.6. The lowest BCUT2D eigenvalue weighted by Crippen LogP contribution is -2.01. The summed E-state index contributed by atoms with van der Waals surface area (Å²) in [7, 11) is 0. The van der Waals surface area contributed by atoms with Crippen molar-refractivity contribution in [2.45, 2.75) is 6.42 Å². The van der Waals surface area contributed by atoms with Crippen molar-refractivity contribution in [1.29, 1.82) is 0 Å². The molecule has 0 aliphatic heterocycles. The summed E-state index contributed by atoms with van der Waals surface area (Å²) < 4.78 is 5.02. The standard InChI is InChI=1S/C12H9ClO2/c13-10-4-1-3-9(7-10)8-11(14)12-5-2-6-15-12/h1-7H,8H2. The summed E-state index contributed by atoms with van der Waals surface area (Å²) >= 11 is 5.82. The van der Waals surface area contributed by atoms with Crippen LogP contribution in [0.3, 0.4) is 0 Å². The van der Waals surface area contributed by atoms with Gasteiger partial charge >= 0.3 is 0 Å². The van der Waals surface area contributed by atoms with Gasteiger partial charge < -0.3 is 4.42 Å². The van der Waals surface area contributed by atoms with Gasteiger partial charge in [-0.25, -0.2) is 0 Å². The van der Waals surface area contributed by atoms with Gasteiger partial charge in [0, 0.05) is 11.4 Å². The Kier molecular flexibility index (Phi) is 2.88. The number of carbonyl (C=O) groups is 1. The first kappa shape index (κ1) is 9.99. The van der Waals surface area contributed by atoms with Crippen molar-refractivity contribution in [2.75, 3.05) is 0 Å². The third-order valence-corrected chi connectivity index (χ3v) is 2.28. The predicted molar refractivity (Wildman–Crippen MR) is 58.2 cm³/mol. The lowest BCUT2D eigenvalue weighted by Gasteiger charge is -1.99. The molecule has 3 heteroatoms. The fraction of sp³-hybridized carbons (Fsp3) is 0.0833. The summed E-state index contributed by atoms with van der Waals surface area (Å²) in [6, 6.07) is 10.6. The Labute approximate surface area is 92.5 Å². The first-order chi connectivity index (χ1) is 7.25. The van der Waals surface area contributed by atoms with Gasteiger partial charge in [-0.15, -0.1) is 0 Å². The van der Waals surface area contributed by atoms with Crippen molar-refractivity contribution in [1.82, 2.24) is 0 Å². The molecular weight excluding hydrogens is 212 g/mol. The van der Waals surface area contributed by atoms with E-state index in [-0.39, 0.29) is 5.78 Å². The number of carbonyl (C=O) groups excluding carboxylic acids is 1. The second-order valence-electron chi connectivity index (χ2n) is 3.21. The molecule has 2 aromatic rings. The molecule has 76 valence electrons. The number of Topliss-reactive ketones (excluding diaryl/α,β-unsaturated/α-hetero) is 1. The van der Waals surface area contributed by atoms with Gasteiger partial charge in [-0.2, -0.15) is 0 Å². The van der Waals surface area contributed by atoms with Crippen LogP contribution in [0.25, 0.3) is 0 Å². The predicted octanol–water partition coefficient (Wildman–Crippen LogP) is 3.36. The van der Waals surface area contributed by atoms with Crippen LogP contribution in [-0.2, 0) is 6.42 Å². The van der Waals surface area contributed by atoms with E-state index in [4.69, 9.17) is 16.0 Å². The molecule has 0 atom stereocenters. The van der Waals surface area contributed by atoms with Crippen LogP contribution in [0.4, 0.5) is 0 Å². The largest absolute Gasteiger partial charge is 0.461 e. The highest BCUT2D eigenvalue weighted by molar-refractivity contribution is 6.30. The Morgan fingerprint density at radius 1 is 1.27 bits per heavy atom. The van der Waals surface area contributed by atoms with Gasteiger partial charge in [-0.3, -0.25) is 4.79 Å². The van der Waals surface area contributed by atoms with Gasteiger partial charge in [-0.05, 0) is 29.8 Å². The summed E-state index contributed by atoms with van der Waals surface area (Å²) in [5.41, 5.74) is 0.893. The topological polar surface area (TPSA) is 30.2 Å². The summed E-state index contributed by atoms with van der Waals surface area (Å²) in [5.74, 6) is 0.345. The fourth-order valence-electron chi connectivity index (χ4n) is 1.36. The van der Waals surface area contributed by atoms with Crippen molar-refractivity contribution in [3.8, 4) is 0 Å². The lowest BCUT2D eigenvalue weighted by atomic mass is 10.1. The molecular formula is C12H9ClO2. The number of rotatable bonds is 3. The maximum Gasteiger partial charge on any atom is 0.202 e. The highest BCUT2D eigenvalue weighted by Gasteiger charge is 2.09. The number of benzene rings is 1. The SMILES string of the molecule is O=C(Cc1cccc(Cl)c1)c1ccco1. The van der Waals surface area contributed by atoms with Crippen molar-refractivity contribution in [2.24, 2.45) is 0 Å². The van der Waals surface area contributed by atoms with Crippen LogP contribution in [0.2, 0.25) is 5.02 Å². The van der Waals surface area contributed by atoms with Gasteiger partial charge in [0.15, 0.2) is 5.76 Å². The molecule has 0 N–H and O–H groups in total. The van der Waals surface area contributed by atoms with E-state index in [0.29, 0.717) is 17.2 Å². The molecule has 0 fully saturated rings. The van der Waals surface area contributed by atoms with E-state index in [1.165, 1.54) is 6.26 Å². The second-order valence-corrected chi connectivity index (χ2v) is 3.64. The van der Waals surface area contributed by atoms with Gasteiger partial charge in [-0.1, -0.05) is 23.7 Å². The van der Waals surface area contributed by atoms with Crippen LogP contribution in [0.15, 0.2) is 47.1 Å². The maximum absolute atomic E-state index is 11.6. The van der Waals surface area contributed by atoms with Gasteiger partial charge in [0.05, 0.1) is 6.26 Å². The van der Waals surface area contributed by atoms with E-state index in [1.54, 1.807) is 24.3 Å². The highest BCUT2D eigenvalue weighted by atomic mass is 35.5. The molecule has 0 aliphatic carbocycles. The second kappa shape index (κ2) is 4.32. The summed E-state index contributed by atoms with van der Waals surface area (Å²) in [5, 5.41) is 0.639. The molecule has 2 rings (SSSR count). The number of halogens is 1. The quantitative estimate of drug-likeness (QED) is 0.743. The average Bonchev–Trinajstić information content (AvgIpc) is 2.70. The molecule has 0 saturated carbocycles. The Bertz CT molecular complexity index is 460. The zero-order valence-corrected chi connectivity index (χ0v) is 8.70. The van der Waals surface area contributed by atoms with Crippen LogP contribution in [0.1, 0.15) is 16.1 Å². The molecule has 0 aliphatic rings. The number of hydrogen-bond donors (Lipinski definition) is 0. The zero-order chi connectivity index (χ0) is 10.7. The number of hydrogen-bond acceptors (Lipinski definition) is 2. The van der Waals surface area contributed by atoms with Crippen LogP contribution in [0.5, 0.6) is 0 Å². The van der Waals surface area contributed by atoms with E-state index in [9.17, 15) is 4.79 Å². The minimum Gasteiger partial charge on any atom is -0.461 e. The highest BCUT2D eigenvalue weighted by Crippen LogP contribution is 2.13. The van der Waals surface area contributed by atoms with E-state index >= 15 is 0 Å². The Morgan fingerprint density at radius 3 is 2.80 bits per heavy atom. The van der Waals surface area contributed by atoms with Gasteiger partial charge in [0.25, 0.3) is 0 Å². The van der Waals surface area contributed by atoms with E-state index in [2.05, 4.69) is 0 Å². The van der Waals surface area contributed by atoms with Gasteiger partial charge in [0.1, 0.15) is 0 Å².